The van der Waals surface area contributed by atoms with Gasteiger partial charge in [0.2, 0.25) is 17.7 Å². The fourth-order valence-electron chi connectivity index (χ4n) is 2.34. The maximum Gasteiger partial charge on any atom is 0.326 e. The lowest BCUT2D eigenvalue weighted by atomic mass is 9.98. The highest BCUT2D eigenvalue weighted by atomic mass is 32.1. The Morgan fingerprint density at radius 1 is 0.839 bits per heavy atom. The maximum atomic E-state index is 12.5. The van der Waals surface area contributed by atoms with Crippen LogP contribution in [0.4, 0.5) is 0 Å². The Morgan fingerprint density at radius 3 is 1.61 bits per heavy atom. The molecule has 14 heteroatoms. The Hall–Kier alpha value is -2.87. The van der Waals surface area contributed by atoms with Gasteiger partial charge < -0.3 is 37.0 Å². The highest BCUT2D eigenvalue weighted by Gasteiger charge is 2.33. The average molecular weight is 464 g/mol. The number of carbonyl (C=O) groups excluding carboxylic acids is 3. The number of aliphatic carboxylic acids is 3. The third-order valence-electron chi connectivity index (χ3n) is 4.33. The minimum absolute atomic E-state index is 0.0938. The van der Waals surface area contributed by atoms with Crippen molar-refractivity contribution in [3.8, 4) is 0 Å². The Bertz CT molecular complexity index is 703. The van der Waals surface area contributed by atoms with Crippen molar-refractivity contribution in [3.63, 3.8) is 0 Å². The van der Waals surface area contributed by atoms with Crippen molar-refractivity contribution in [2.75, 3.05) is 5.75 Å². The third kappa shape index (κ3) is 10.1. The zero-order valence-electron chi connectivity index (χ0n) is 17.0. The van der Waals surface area contributed by atoms with Crippen LogP contribution in [0.15, 0.2) is 0 Å². The number of carbonyl (C=O) groups is 6. The number of hydrogen-bond acceptors (Lipinski definition) is 8. The number of rotatable bonds is 14. The van der Waals surface area contributed by atoms with Crippen molar-refractivity contribution in [2.45, 2.75) is 57.3 Å². The fraction of sp³-hybridized carbons (Fsp3) is 0.647. The largest absolute Gasteiger partial charge is 0.481 e. The number of amides is 3. The van der Waals surface area contributed by atoms with E-state index in [1.807, 2.05) is 0 Å². The van der Waals surface area contributed by atoms with E-state index in [1.165, 1.54) is 0 Å². The van der Waals surface area contributed by atoms with E-state index in [2.05, 4.69) is 28.6 Å². The summed E-state index contributed by atoms with van der Waals surface area (Å²) in [6.45, 7) is 3.25. The van der Waals surface area contributed by atoms with Crippen LogP contribution >= 0.6 is 12.6 Å². The van der Waals surface area contributed by atoms with Gasteiger partial charge in [0.25, 0.3) is 0 Å². The lowest BCUT2D eigenvalue weighted by Crippen LogP contribution is -2.58. The molecule has 8 N–H and O–H groups in total. The van der Waals surface area contributed by atoms with E-state index >= 15 is 0 Å². The third-order valence-corrected chi connectivity index (χ3v) is 4.73. The second-order valence-corrected chi connectivity index (χ2v) is 7.18. The van der Waals surface area contributed by atoms with Crippen molar-refractivity contribution in [1.82, 2.24) is 16.0 Å². The standard InChI is InChI=1S/C17H28N4O9S/c1-3-7(2)13(17(29)30)21-16(28)10(5-12(24)25)20-15(27)9(4-11(22)23)19-14(26)8(18)6-31/h7-10,13,31H,3-6,18H2,1-2H3,(H,19,26)(H,20,27)(H,21,28)(H,22,23)(H,24,25)(H,29,30). The van der Waals surface area contributed by atoms with E-state index in [1.54, 1.807) is 13.8 Å². The zero-order valence-corrected chi connectivity index (χ0v) is 17.9. The van der Waals surface area contributed by atoms with E-state index < -0.39 is 78.6 Å². The van der Waals surface area contributed by atoms with E-state index in [9.17, 15) is 33.9 Å². The molecule has 0 aromatic heterocycles. The molecule has 13 nitrogen and oxygen atoms in total. The molecule has 0 bridgehead atoms. The van der Waals surface area contributed by atoms with Crippen molar-refractivity contribution in [2.24, 2.45) is 11.7 Å². The molecule has 0 rings (SSSR count). The molecule has 31 heavy (non-hydrogen) atoms. The molecule has 0 heterocycles. The first-order valence-electron chi connectivity index (χ1n) is 9.27. The summed E-state index contributed by atoms with van der Waals surface area (Å²) in [6, 6.07) is -5.86. The summed E-state index contributed by atoms with van der Waals surface area (Å²) in [5.74, 6) is -7.99. The van der Waals surface area contributed by atoms with Gasteiger partial charge in [-0.3, -0.25) is 24.0 Å². The average Bonchev–Trinajstić information content (AvgIpc) is 2.68. The van der Waals surface area contributed by atoms with Crippen molar-refractivity contribution in [3.05, 3.63) is 0 Å². The lowest BCUT2D eigenvalue weighted by Gasteiger charge is -2.25. The first kappa shape index (κ1) is 28.1. The second kappa shape index (κ2) is 13.4. The number of thiol groups is 1. The van der Waals surface area contributed by atoms with Gasteiger partial charge in [-0.1, -0.05) is 20.3 Å². The normalized spacial score (nSPS) is 15.5. The van der Waals surface area contributed by atoms with E-state index in [-0.39, 0.29) is 5.75 Å². The Kier molecular flexibility index (Phi) is 12.2. The first-order valence-corrected chi connectivity index (χ1v) is 9.91. The zero-order chi connectivity index (χ0) is 24.3. The summed E-state index contributed by atoms with van der Waals surface area (Å²) >= 11 is 3.82. The van der Waals surface area contributed by atoms with Crippen LogP contribution < -0.4 is 21.7 Å². The van der Waals surface area contributed by atoms with Crippen LogP contribution in [-0.4, -0.2) is 80.9 Å². The summed E-state index contributed by atoms with van der Waals surface area (Å²) in [7, 11) is 0. The van der Waals surface area contributed by atoms with Crippen molar-refractivity contribution >= 4 is 48.3 Å². The summed E-state index contributed by atoms with van der Waals surface area (Å²) < 4.78 is 0. The minimum atomic E-state index is -1.72. The van der Waals surface area contributed by atoms with Crippen LogP contribution in [0.1, 0.15) is 33.1 Å². The topological polar surface area (TPSA) is 225 Å². The minimum Gasteiger partial charge on any atom is -0.481 e. The van der Waals surface area contributed by atoms with Crippen LogP contribution in [0.5, 0.6) is 0 Å². The molecule has 0 aliphatic heterocycles. The molecule has 5 atom stereocenters. The van der Waals surface area contributed by atoms with Crippen molar-refractivity contribution < 1.29 is 44.1 Å². The highest BCUT2D eigenvalue weighted by Crippen LogP contribution is 2.09. The summed E-state index contributed by atoms with van der Waals surface area (Å²) in [6.07, 6.45) is -1.39. The molecule has 0 aliphatic rings. The smallest absolute Gasteiger partial charge is 0.326 e. The number of carboxylic acids is 3. The SMILES string of the molecule is CCC(C)C(NC(=O)C(CC(=O)O)NC(=O)C(CC(=O)O)NC(=O)C(N)CS)C(=O)O. The Labute approximate surface area is 183 Å². The quantitative estimate of drug-likeness (QED) is 0.129. The van der Waals surface area contributed by atoms with Gasteiger partial charge in [0, 0.05) is 5.75 Å². The van der Waals surface area contributed by atoms with E-state index in [4.69, 9.17) is 15.9 Å². The lowest BCUT2D eigenvalue weighted by molar-refractivity contribution is -0.145. The Balaban J connectivity index is 5.56. The highest BCUT2D eigenvalue weighted by molar-refractivity contribution is 7.80. The number of nitrogens with one attached hydrogen (secondary N) is 3. The fourth-order valence-corrected chi connectivity index (χ4v) is 2.50. The molecule has 176 valence electrons. The monoisotopic (exact) mass is 464 g/mol. The van der Waals surface area contributed by atoms with E-state index in [0.29, 0.717) is 6.42 Å². The van der Waals surface area contributed by atoms with Gasteiger partial charge in [0.15, 0.2) is 0 Å². The molecule has 0 radical (unpaired) electrons. The van der Waals surface area contributed by atoms with Gasteiger partial charge in [0.05, 0.1) is 18.9 Å². The summed E-state index contributed by atoms with van der Waals surface area (Å²) in [5, 5.41) is 33.6. The molecule has 0 aliphatic carbocycles. The molecule has 0 spiro atoms. The molecule has 0 saturated carbocycles. The first-order chi connectivity index (χ1) is 14.3. The molecular formula is C17H28N4O9S. The summed E-state index contributed by atoms with van der Waals surface area (Å²) in [5.41, 5.74) is 5.47. The van der Waals surface area contributed by atoms with Crippen molar-refractivity contribution in [1.29, 1.82) is 0 Å². The predicted octanol–water partition coefficient (Wildman–Crippen LogP) is -2.22. The maximum absolute atomic E-state index is 12.5. The van der Waals surface area contributed by atoms with Crippen LogP contribution in [0, 0.1) is 5.92 Å². The molecule has 0 aromatic carbocycles. The van der Waals surface area contributed by atoms with Gasteiger partial charge in [-0.15, -0.1) is 0 Å². The summed E-state index contributed by atoms with van der Waals surface area (Å²) in [4.78, 5) is 70.4. The molecule has 0 saturated heterocycles. The number of hydrogen-bond donors (Lipinski definition) is 8. The molecule has 0 aromatic rings. The molecule has 0 fully saturated rings. The molecular weight excluding hydrogens is 436 g/mol. The van der Waals surface area contributed by atoms with Gasteiger partial charge >= 0.3 is 17.9 Å². The van der Waals surface area contributed by atoms with Gasteiger partial charge in [-0.05, 0) is 5.92 Å². The molecule has 3 amide bonds. The van der Waals surface area contributed by atoms with Crippen LogP contribution in [0.25, 0.3) is 0 Å². The second-order valence-electron chi connectivity index (χ2n) is 6.82. The van der Waals surface area contributed by atoms with Crippen LogP contribution in [0.2, 0.25) is 0 Å². The number of carboxylic acid groups (broad SMARTS) is 3. The molecule has 5 unspecified atom stereocenters. The van der Waals surface area contributed by atoms with Crippen LogP contribution in [0.3, 0.4) is 0 Å². The Morgan fingerprint density at radius 2 is 1.26 bits per heavy atom. The number of nitrogens with two attached hydrogens (primary N) is 1. The van der Waals surface area contributed by atoms with E-state index in [0.717, 1.165) is 0 Å². The van der Waals surface area contributed by atoms with Gasteiger partial charge in [-0.25, -0.2) is 4.79 Å². The predicted molar refractivity (Wildman–Crippen MR) is 109 cm³/mol. The van der Waals surface area contributed by atoms with Gasteiger partial charge in [0.1, 0.15) is 18.1 Å². The van der Waals surface area contributed by atoms with Gasteiger partial charge in [-0.2, -0.15) is 12.6 Å². The van der Waals surface area contributed by atoms with Crippen LogP contribution in [-0.2, 0) is 28.8 Å².